The van der Waals surface area contributed by atoms with Crippen LogP contribution >= 0.6 is 0 Å². The first-order valence-corrected chi connectivity index (χ1v) is 0.707. The molecule has 0 amide bonds. The van der Waals surface area contributed by atoms with E-state index in [-0.39, 0.29) is 44.8 Å². The molecule has 0 fully saturated rings. The van der Waals surface area contributed by atoms with Gasteiger partial charge in [0, 0.05) is 44.8 Å². The van der Waals surface area contributed by atoms with E-state index in [1.807, 2.05) is 0 Å². The topological polar surface area (TPSA) is 17.1 Å². The summed E-state index contributed by atoms with van der Waals surface area (Å²) in [5.74, 6) is 0. The number of rotatable bonds is 0. The Morgan fingerprint density at radius 1 is 1.00 bits per heavy atom. The summed E-state index contributed by atoms with van der Waals surface area (Å²) < 4.78 is 8.17. The zero-order chi connectivity index (χ0) is 2.00. The van der Waals surface area contributed by atoms with E-state index in [1.54, 1.807) is 0 Å². The van der Waals surface area contributed by atoms with Crippen molar-refractivity contribution in [1.29, 1.82) is 0 Å². The van der Waals surface area contributed by atoms with Crippen LogP contribution in [0.3, 0.4) is 0 Å². The average molecular weight is 229 g/mol. The molecule has 0 N–H and O–H groups in total. The molecule has 0 saturated heterocycles. The molecule has 0 aliphatic rings. The fourth-order valence-electron chi connectivity index (χ4n) is 0. The summed E-state index contributed by atoms with van der Waals surface area (Å²) in [6.07, 6.45) is 0. The third-order valence-corrected chi connectivity index (χ3v) is 0. The molecule has 0 aromatic carbocycles. The van der Waals surface area contributed by atoms with Gasteiger partial charge in [-0.3, -0.25) is 0 Å². The van der Waals surface area contributed by atoms with Gasteiger partial charge >= 0.3 is 20.0 Å². The summed E-state index contributed by atoms with van der Waals surface area (Å²) in [7, 11) is 0. The Morgan fingerprint density at radius 3 is 1.00 bits per heavy atom. The van der Waals surface area contributed by atoms with Gasteiger partial charge in [-0.2, -0.15) is 0 Å². The second kappa shape index (κ2) is 21.3. The van der Waals surface area contributed by atoms with Crippen molar-refractivity contribution >= 4 is 16.2 Å². The van der Waals surface area contributed by atoms with Crippen molar-refractivity contribution in [1.82, 2.24) is 0 Å². The van der Waals surface area contributed by atoms with Crippen LogP contribution in [0.4, 0.5) is 0 Å². The summed E-state index contributed by atoms with van der Waals surface area (Å²) in [5.41, 5.74) is 0. The normalized spacial score (nSPS) is 0.750. The second-order valence-electron chi connectivity index (χ2n) is 0. The van der Waals surface area contributed by atoms with E-state index in [1.165, 1.54) is 16.2 Å². The Hall–Kier alpha value is 1.81. The molecule has 4 heteroatoms. The van der Waals surface area contributed by atoms with Crippen LogP contribution in [0, 0.1) is 0 Å². The summed E-state index contributed by atoms with van der Waals surface area (Å²) in [6.45, 7) is 0. The van der Waals surface area contributed by atoms with Crippen LogP contribution in [0.5, 0.6) is 0 Å². The summed E-state index contributed by atoms with van der Waals surface area (Å²) in [4.78, 5) is 0. The van der Waals surface area contributed by atoms with Crippen molar-refractivity contribution in [3.63, 3.8) is 0 Å². The molecule has 0 atom stereocenters. The van der Waals surface area contributed by atoms with Crippen molar-refractivity contribution in [2.24, 2.45) is 0 Å². The Balaban J connectivity index is -0.00000000500. The molecule has 4 heavy (non-hydrogen) atoms. The van der Waals surface area contributed by atoms with E-state index >= 15 is 0 Å². The Kier molecular flexibility index (Phi) is 90.6. The van der Waals surface area contributed by atoms with Gasteiger partial charge in [0.05, 0.1) is 0 Å². The molecule has 0 aliphatic carbocycles. The van der Waals surface area contributed by atoms with E-state index < -0.39 is 0 Å². The van der Waals surface area contributed by atoms with E-state index in [0.29, 0.717) is 0 Å². The van der Waals surface area contributed by atoms with Crippen LogP contribution in [0.1, 0.15) is 0 Å². The fourth-order valence-corrected chi connectivity index (χ4v) is 0. The molecule has 0 heterocycles. The van der Waals surface area contributed by atoms with Gasteiger partial charge in [-0.1, -0.05) is 0 Å². The van der Waals surface area contributed by atoms with Crippen LogP contribution in [-0.4, -0.2) is 16.2 Å². The van der Waals surface area contributed by atoms with E-state index in [4.69, 9.17) is 3.80 Å². The van der Waals surface area contributed by atoms with Gasteiger partial charge in [0.25, 0.3) is 0 Å². The Morgan fingerprint density at radius 2 is 1.00 bits per heavy atom. The molecule has 0 aromatic rings. The second-order valence-corrected chi connectivity index (χ2v) is 0. The first-order chi connectivity index (χ1) is 1.00. The first kappa shape index (κ1) is 17.0. The zero-order valence-electron chi connectivity index (χ0n) is 1.88. The SMILES string of the molecule is [Nb].[Nb].[O]=[Al]. The quantitative estimate of drug-likeness (QED) is 0.511. The van der Waals surface area contributed by atoms with Crippen molar-refractivity contribution in [3.8, 4) is 0 Å². The van der Waals surface area contributed by atoms with Crippen LogP contribution in [0.25, 0.3) is 0 Å². The van der Waals surface area contributed by atoms with Crippen molar-refractivity contribution in [2.75, 3.05) is 0 Å². The van der Waals surface area contributed by atoms with E-state index in [2.05, 4.69) is 0 Å². The minimum absolute atomic E-state index is 0. The predicted octanol–water partition coefficient (Wildman–Crippen LogP) is -0.505. The Bertz CT molecular complexity index is 6.00. The molecule has 0 aliphatic heterocycles. The summed E-state index contributed by atoms with van der Waals surface area (Å²) >= 11 is 1.17. The summed E-state index contributed by atoms with van der Waals surface area (Å²) in [5, 5.41) is 0. The van der Waals surface area contributed by atoms with Gasteiger partial charge in [0.2, 0.25) is 0 Å². The molecule has 1 nitrogen and oxygen atoms in total. The molecule has 0 aromatic heterocycles. The van der Waals surface area contributed by atoms with Gasteiger partial charge < -0.3 is 0 Å². The third-order valence-electron chi connectivity index (χ3n) is 0. The maximum atomic E-state index is 8.17. The predicted molar refractivity (Wildman–Crippen MR) is 6.44 cm³/mol. The van der Waals surface area contributed by atoms with E-state index in [0.717, 1.165) is 0 Å². The van der Waals surface area contributed by atoms with E-state index in [9.17, 15) is 0 Å². The van der Waals surface area contributed by atoms with Crippen LogP contribution < -0.4 is 0 Å². The van der Waals surface area contributed by atoms with Gasteiger partial charge in [0.15, 0.2) is 0 Å². The fraction of sp³-hybridized carbons (Fsp3) is 0. The minimum atomic E-state index is 0. The van der Waals surface area contributed by atoms with Crippen molar-refractivity contribution < 1.29 is 48.6 Å². The maximum absolute atomic E-state index is 8.17. The van der Waals surface area contributed by atoms with Gasteiger partial charge in [-0.05, 0) is 0 Å². The molecule has 19 valence electrons. The van der Waals surface area contributed by atoms with Gasteiger partial charge in [0.1, 0.15) is 0 Å². The molecule has 0 bridgehead atoms. The number of hydrogen-bond acceptors (Lipinski definition) is 1. The van der Waals surface area contributed by atoms with Crippen LogP contribution in [-0.2, 0) is 48.6 Å². The number of hydrogen-bond donors (Lipinski definition) is 0. The van der Waals surface area contributed by atoms with Crippen LogP contribution in [0.15, 0.2) is 0 Å². The van der Waals surface area contributed by atoms with Crippen LogP contribution in [0.2, 0.25) is 0 Å². The molecular weight excluding hydrogens is 229 g/mol. The standard InChI is InChI=1S/Al.2Nb.O. The Labute approximate surface area is 64.2 Å². The first-order valence-electron chi connectivity index (χ1n) is 0.236. The molecule has 0 unspecified atom stereocenters. The molecule has 0 rings (SSSR count). The van der Waals surface area contributed by atoms with Crippen molar-refractivity contribution in [3.05, 3.63) is 0 Å². The average Bonchev–Trinajstić information content (AvgIpc) is 1.00. The van der Waals surface area contributed by atoms with Crippen molar-refractivity contribution in [2.45, 2.75) is 0 Å². The molecule has 0 spiro atoms. The third kappa shape index (κ3) is 9.18. The molecule has 0 saturated carbocycles. The monoisotopic (exact) mass is 229 g/mol. The van der Waals surface area contributed by atoms with Gasteiger partial charge in [-0.15, -0.1) is 0 Å². The molecular formula is AlNb2O. The summed E-state index contributed by atoms with van der Waals surface area (Å²) in [6, 6.07) is 0. The zero-order valence-corrected chi connectivity index (χ0v) is 7.43. The molecule has 3 radical (unpaired) electrons. The van der Waals surface area contributed by atoms with Gasteiger partial charge in [-0.25, -0.2) is 0 Å².